The first-order chi connectivity index (χ1) is 8.74. The quantitative estimate of drug-likeness (QED) is 0.572. The van der Waals surface area contributed by atoms with E-state index >= 15 is 0 Å². The Morgan fingerprint density at radius 3 is 2.28 bits per heavy atom. The monoisotopic (exact) mass is 242 g/mol. The number of benzene rings is 1. The lowest BCUT2D eigenvalue weighted by Crippen LogP contribution is -1.90. The van der Waals surface area contributed by atoms with Crippen molar-refractivity contribution in [3.05, 3.63) is 65.8 Å². The predicted molar refractivity (Wildman–Crippen MR) is 84.7 cm³/mol. The average Bonchev–Trinajstić information content (AvgIpc) is 2.42. The maximum atomic E-state index is 3.90. The lowest BCUT2D eigenvalue weighted by atomic mass is 9.94. The Kier molecular flexibility index (Phi) is 8.65. The summed E-state index contributed by atoms with van der Waals surface area (Å²) in [5, 5.41) is 0. The Labute approximate surface area is 113 Å². The van der Waals surface area contributed by atoms with Crippen molar-refractivity contribution in [3.8, 4) is 0 Å². The van der Waals surface area contributed by atoms with Crippen molar-refractivity contribution in [2.24, 2.45) is 0 Å². The molecule has 18 heavy (non-hydrogen) atoms. The highest BCUT2D eigenvalue weighted by atomic mass is 14.1. The number of hydrogen-bond donors (Lipinski definition) is 0. The fourth-order valence-electron chi connectivity index (χ4n) is 1.86. The van der Waals surface area contributed by atoms with Crippen LogP contribution in [0.25, 0.3) is 5.57 Å². The van der Waals surface area contributed by atoms with Gasteiger partial charge in [0.2, 0.25) is 0 Å². The molecule has 0 bridgehead atoms. The number of aryl methyl sites for hydroxylation is 1. The topological polar surface area (TPSA) is 0 Å². The summed E-state index contributed by atoms with van der Waals surface area (Å²) in [7, 11) is 0. The van der Waals surface area contributed by atoms with Crippen molar-refractivity contribution in [3.63, 3.8) is 0 Å². The van der Waals surface area contributed by atoms with Crippen LogP contribution in [0.3, 0.4) is 0 Å². The molecule has 0 heteroatoms. The lowest BCUT2D eigenvalue weighted by Gasteiger charge is -2.10. The van der Waals surface area contributed by atoms with Gasteiger partial charge in [0.25, 0.3) is 0 Å². The molecule has 0 N–H and O–H groups in total. The molecule has 0 nitrogen and oxygen atoms in total. The van der Waals surface area contributed by atoms with E-state index in [9.17, 15) is 0 Å². The Balaban J connectivity index is 0.00000137. The van der Waals surface area contributed by atoms with Crippen LogP contribution in [-0.2, 0) is 0 Å². The van der Waals surface area contributed by atoms with Gasteiger partial charge in [-0.05, 0) is 42.5 Å². The minimum absolute atomic E-state index is 1.01. The molecule has 1 rings (SSSR count). The number of hydrogen-bond acceptors (Lipinski definition) is 0. The third-order valence-electron chi connectivity index (χ3n) is 2.74. The van der Waals surface area contributed by atoms with Crippen LogP contribution in [0, 0.1) is 6.92 Å². The first kappa shape index (κ1) is 16.4. The molecule has 0 saturated heterocycles. The summed E-state index contributed by atoms with van der Waals surface area (Å²) >= 11 is 0. The van der Waals surface area contributed by atoms with Gasteiger partial charge in [-0.1, -0.05) is 69.8 Å². The fourth-order valence-corrected chi connectivity index (χ4v) is 1.86. The molecule has 1 aromatic carbocycles. The molecule has 0 saturated carbocycles. The zero-order chi connectivity index (χ0) is 14.0. The highest BCUT2D eigenvalue weighted by Crippen LogP contribution is 2.25. The normalized spacial score (nSPS) is 11.6. The van der Waals surface area contributed by atoms with Gasteiger partial charge in [0.1, 0.15) is 0 Å². The third-order valence-corrected chi connectivity index (χ3v) is 2.74. The van der Waals surface area contributed by atoms with E-state index in [-0.39, 0.29) is 0 Å². The molecule has 0 aliphatic heterocycles. The maximum Gasteiger partial charge on any atom is -0.0152 e. The van der Waals surface area contributed by atoms with Crippen LogP contribution in [0.4, 0.5) is 0 Å². The number of rotatable bonds is 4. The molecule has 0 amide bonds. The Hall–Kier alpha value is -1.56. The highest BCUT2D eigenvalue weighted by molar-refractivity contribution is 5.79. The van der Waals surface area contributed by atoms with E-state index < -0.39 is 0 Å². The SMILES string of the molecule is C=C/C(CC)=C(\C=C/C)c1ccccc1C.CC. The second-order valence-electron chi connectivity index (χ2n) is 3.81. The lowest BCUT2D eigenvalue weighted by molar-refractivity contribution is 1.15. The Morgan fingerprint density at radius 1 is 1.22 bits per heavy atom. The van der Waals surface area contributed by atoms with E-state index in [2.05, 4.69) is 63.8 Å². The summed E-state index contributed by atoms with van der Waals surface area (Å²) in [6.45, 7) is 14.3. The maximum absolute atomic E-state index is 3.90. The van der Waals surface area contributed by atoms with Crippen LogP contribution in [0.2, 0.25) is 0 Å². The van der Waals surface area contributed by atoms with E-state index in [1.165, 1.54) is 22.3 Å². The van der Waals surface area contributed by atoms with Crippen molar-refractivity contribution >= 4 is 5.57 Å². The van der Waals surface area contributed by atoms with Crippen LogP contribution >= 0.6 is 0 Å². The van der Waals surface area contributed by atoms with Gasteiger partial charge < -0.3 is 0 Å². The molecule has 0 aliphatic carbocycles. The van der Waals surface area contributed by atoms with Crippen molar-refractivity contribution in [1.82, 2.24) is 0 Å². The van der Waals surface area contributed by atoms with E-state index in [0.717, 1.165) is 6.42 Å². The van der Waals surface area contributed by atoms with Crippen LogP contribution in [0.1, 0.15) is 45.2 Å². The third kappa shape index (κ3) is 4.37. The van der Waals surface area contributed by atoms with Gasteiger partial charge in [-0.3, -0.25) is 0 Å². The second kappa shape index (κ2) is 9.47. The molecule has 0 unspecified atom stereocenters. The largest absolute Gasteiger partial charge is 0.0988 e. The molecule has 0 heterocycles. The summed E-state index contributed by atoms with van der Waals surface area (Å²) in [5.74, 6) is 0. The number of allylic oxidation sites excluding steroid dienone is 5. The molecule has 0 radical (unpaired) electrons. The van der Waals surface area contributed by atoms with E-state index in [1.807, 2.05) is 19.9 Å². The standard InChI is InChI=1S/C16H20.C2H6/c1-5-10-16(14(6-2)7-3)15-12-9-8-11-13(15)4;1-2/h5-6,8-12H,2,7H2,1,3-4H3;1-2H3/b10-5-,16-14-;. The van der Waals surface area contributed by atoms with Gasteiger partial charge in [0, 0.05) is 0 Å². The molecule has 1 aromatic rings. The molecule has 0 aromatic heterocycles. The van der Waals surface area contributed by atoms with Gasteiger partial charge in [-0.25, -0.2) is 0 Å². The van der Waals surface area contributed by atoms with E-state index in [1.54, 1.807) is 0 Å². The van der Waals surface area contributed by atoms with Crippen LogP contribution in [-0.4, -0.2) is 0 Å². The summed E-state index contributed by atoms with van der Waals surface area (Å²) in [5.41, 5.74) is 5.20. The molecule has 0 atom stereocenters. The molecular weight excluding hydrogens is 216 g/mol. The van der Waals surface area contributed by atoms with E-state index in [4.69, 9.17) is 0 Å². The molecule has 0 spiro atoms. The first-order valence-corrected chi connectivity index (χ1v) is 6.78. The van der Waals surface area contributed by atoms with Gasteiger partial charge in [-0.15, -0.1) is 0 Å². The van der Waals surface area contributed by atoms with Gasteiger partial charge in [-0.2, -0.15) is 0 Å². The van der Waals surface area contributed by atoms with E-state index in [0.29, 0.717) is 0 Å². The van der Waals surface area contributed by atoms with Crippen LogP contribution in [0.5, 0.6) is 0 Å². The fraction of sp³-hybridized carbons (Fsp3) is 0.333. The first-order valence-electron chi connectivity index (χ1n) is 6.78. The average molecular weight is 242 g/mol. The van der Waals surface area contributed by atoms with Crippen LogP contribution < -0.4 is 0 Å². The molecule has 98 valence electrons. The zero-order valence-electron chi connectivity index (χ0n) is 12.5. The van der Waals surface area contributed by atoms with Gasteiger partial charge in [0.05, 0.1) is 0 Å². The Morgan fingerprint density at radius 2 is 1.83 bits per heavy atom. The summed E-state index contributed by atoms with van der Waals surface area (Å²) in [4.78, 5) is 0. The van der Waals surface area contributed by atoms with Crippen molar-refractivity contribution in [1.29, 1.82) is 0 Å². The second-order valence-corrected chi connectivity index (χ2v) is 3.81. The van der Waals surface area contributed by atoms with Gasteiger partial charge >= 0.3 is 0 Å². The molecule has 0 fully saturated rings. The zero-order valence-corrected chi connectivity index (χ0v) is 12.5. The minimum Gasteiger partial charge on any atom is -0.0988 e. The smallest absolute Gasteiger partial charge is 0.0152 e. The van der Waals surface area contributed by atoms with Crippen molar-refractivity contribution in [2.45, 2.75) is 41.0 Å². The highest BCUT2D eigenvalue weighted by Gasteiger charge is 2.04. The molecule has 0 aliphatic rings. The van der Waals surface area contributed by atoms with Gasteiger partial charge in [0.15, 0.2) is 0 Å². The predicted octanol–water partition coefficient (Wildman–Crippen LogP) is 5.95. The van der Waals surface area contributed by atoms with Crippen molar-refractivity contribution < 1.29 is 0 Å². The summed E-state index contributed by atoms with van der Waals surface area (Å²) in [6.07, 6.45) is 7.23. The summed E-state index contributed by atoms with van der Waals surface area (Å²) in [6, 6.07) is 8.48. The van der Waals surface area contributed by atoms with Crippen molar-refractivity contribution in [2.75, 3.05) is 0 Å². The van der Waals surface area contributed by atoms with Crippen LogP contribution in [0.15, 0.2) is 54.6 Å². The minimum atomic E-state index is 1.01. The summed E-state index contributed by atoms with van der Waals surface area (Å²) < 4.78 is 0. The Bertz CT molecular complexity index is 419. The molecular formula is C18H26.